The van der Waals surface area contributed by atoms with Crippen molar-refractivity contribution in [2.45, 2.75) is 46.1 Å². The van der Waals surface area contributed by atoms with Crippen molar-refractivity contribution in [1.82, 2.24) is 0 Å². The predicted molar refractivity (Wildman–Crippen MR) is 105 cm³/mol. The van der Waals surface area contributed by atoms with Gasteiger partial charge in [0.2, 0.25) is 5.91 Å². The number of hydrogen-bond acceptors (Lipinski definition) is 3. The van der Waals surface area contributed by atoms with E-state index in [1.807, 2.05) is 63.2 Å². The third-order valence-corrected chi connectivity index (χ3v) is 4.34. The van der Waals surface area contributed by atoms with E-state index in [4.69, 9.17) is 5.11 Å². The van der Waals surface area contributed by atoms with E-state index < -0.39 is 5.97 Å². The number of carbonyl (C=O) groups is 2. The Morgan fingerprint density at radius 2 is 1.85 bits per heavy atom. The van der Waals surface area contributed by atoms with Gasteiger partial charge in [0.05, 0.1) is 0 Å². The molecule has 1 unspecified atom stereocenters. The van der Waals surface area contributed by atoms with Gasteiger partial charge in [0.15, 0.2) is 0 Å². The summed E-state index contributed by atoms with van der Waals surface area (Å²) in [6, 6.07) is 13.5. The summed E-state index contributed by atoms with van der Waals surface area (Å²) in [7, 11) is 0. The Labute approximate surface area is 154 Å². The zero-order valence-corrected chi connectivity index (χ0v) is 15.5. The van der Waals surface area contributed by atoms with Gasteiger partial charge >= 0.3 is 5.97 Å². The number of carbonyl (C=O) groups excluding carboxylic acids is 1. The Morgan fingerprint density at radius 1 is 1.12 bits per heavy atom. The van der Waals surface area contributed by atoms with Crippen molar-refractivity contribution < 1.29 is 14.7 Å². The molecule has 3 N–H and O–H groups in total. The van der Waals surface area contributed by atoms with Crippen molar-refractivity contribution in [1.29, 1.82) is 0 Å². The maximum absolute atomic E-state index is 12.3. The summed E-state index contributed by atoms with van der Waals surface area (Å²) in [6.45, 7) is 5.97. The number of nitrogens with one attached hydrogen (secondary N) is 2. The molecular formula is C21H26N2O3. The second kappa shape index (κ2) is 9.04. The minimum atomic E-state index is -0.806. The molecule has 0 heterocycles. The van der Waals surface area contributed by atoms with Crippen LogP contribution in [0.25, 0.3) is 0 Å². The predicted octanol–water partition coefficient (Wildman–Crippen LogP) is 4.15. The highest BCUT2D eigenvalue weighted by molar-refractivity contribution is 5.92. The van der Waals surface area contributed by atoms with Gasteiger partial charge in [0.1, 0.15) is 0 Å². The second-order valence-electron chi connectivity index (χ2n) is 6.64. The molecule has 5 heteroatoms. The average Bonchev–Trinajstić information content (AvgIpc) is 2.57. The van der Waals surface area contributed by atoms with Gasteiger partial charge in [0.25, 0.3) is 0 Å². The molecule has 0 bridgehead atoms. The molecule has 2 aromatic carbocycles. The zero-order valence-electron chi connectivity index (χ0n) is 15.5. The van der Waals surface area contributed by atoms with E-state index in [0.717, 1.165) is 28.1 Å². The molecule has 0 saturated heterocycles. The molecule has 5 nitrogen and oxygen atoms in total. The monoisotopic (exact) mass is 354 g/mol. The summed E-state index contributed by atoms with van der Waals surface area (Å²) in [6.07, 6.45) is 0.941. The van der Waals surface area contributed by atoms with Gasteiger partial charge in [-0.15, -0.1) is 0 Å². The first kappa shape index (κ1) is 19.5. The number of hydrogen-bond donors (Lipinski definition) is 3. The van der Waals surface area contributed by atoms with E-state index in [1.165, 1.54) is 0 Å². The van der Waals surface area contributed by atoms with Crippen LogP contribution in [0.1, 0.15) is 36.5 Å². The first-order valence-corrected chi connectivity index (χ1v) is 8.78. The number of aryl methyl sites for hydroxylation is 2. The first-order valence-electron chi connectivity index (χ1n) is 8.78. The minimum absolute atomic E-state index is 0.0410. The van der Waals surface area contributed by atoms with E-state index >= 15 is 0 Å². The summed E-state index contributed by atoms with van der Waals surface area (Å²) in [5, 5.41) is 15.1. The number of benzene rings is 2. The highest BCUT2D eigenvalue weighted by atomic mass is 16.4. The number of carboxylic acid groups (broad SMARTS) is 1. The fraction of sp³-hybridized carbons (Fsp3) is 0.333. The van der Waals surface area contributed by atoms with Crippen LogP contribution in [-0.2, 0) is 16.0 Å². The Balaban J connectivity index is 1.90. The van der Waals surface area contributed by atoms with Crippen molar-refractivity contribution >= 4 is 23.3 Å². The second-order valence-corrected chi connectivity index (χ2v) is 6.64. The molecule has 1 amide bonds. The minimum Gasteiger partial charge on any atom is -0.481 e. The van der Waals surface area contributed by atoms with Gasteiger partial charge in [-0.05, 0) is 62.1 Å². The van der Waals surface area contributed by atoms with Crippen molar-refractivity contribution in [2.75, 3.05) is 10.6 Å². The van der Waals surface area contributed by atoms with Crippen LogP contribution in [0.3, 0.4) is 0 Å². The SMILES string of the molecule is Cc1cccc(NC(=O)CC(C)Nc2cccc(CCC(=O)O)c2)c1C. The summed E-state index contributed by atoms with van der Waals surface area (Å²) >= 11 is 0. The molecule has 1 atom stereocenters. The molecule has 0 aliphatic heterocycles. The van der Waals surface area contributed by atoms with Gasteiger partial charge in [-0.2, -0.15) is 0 Å². The Hall–Kier alpha value is -2.82. The largest absolute Gasteiger partial charge is 0.481 e. The molecule has 0 aliphatic rings. The number of carboxylic acids is 1. The van der Waals surface area contributed by atoms with Crippen LogP contribution < -0.4 is 10.6 Å². The molecule has 138 valence electrons. The molecule has 0 fully saturated rings. The van der Waals surface area contributed by atoms with Crippen LogP contribution in [0.4, 0.5) is 11.4 Å². The third-order valence-electron chi connectivity index (χ3n) is 4.34. The van der Waals surface area contributed by atoms with E-state index in [2.05, 4.69) is 10.6 Å². The lowest BCUT2D eigenvalue weighted by molar-refractivity contribution is -0.137. The van der Waals surface area contributed by atoms with E-state index in [1.54, 1.807) is 0 Å². The summed E-state index contributed by atoms with van der Waals surface area (Å²) in [4.78, 5) is 23.0. The quantitative estimate of drug-likeness (QED) is 0.665. The number of amides is 1. The van der Waals surface area contributed by atoms with Crippen molar-refractivity contribution in [2.24, 2.45) is 0 Å². The summed E-state index contributed by atoms with van der Waals surface area (Å²) < 4.78 is 0. The van der Waals surface area contributed by atoms with Gasteiger partial charge < -0.3 is 15.7 Å². The molecule has 0 spiro atoms. The van der Waals surface area contributed by atoms with E-state index in [-0.39, 0.29) is 18.4 Å². The van der Waals surface area contributed by atoms with Gasteiger partial charge in [-0.25, -0.2) is 0 Å². The molecule has 0 aliphatic carbocycles. The lowest BCUT2D eigenvalue weighted by Gasteiger charge is -2.17. The fourth-order valence-electron chi connectivity index (χ4n) is 2.77. The van der Waals surface area contributed by atoms with Crippen molar-refractivity contribution in [3.63, 3.8) is 0 Å². The van der Waals surface area contributed by atoms with Gasteiger partial charge in [-0.3, -0.25) is 9.59 Å². The van der Waals surface area contributed by atoms with Gasteiger partial charge in [0, 0.05) is 30.3 Å². The molecule has 26 heavy (non-hydrogen) atoms. The van der Waals surface area contributed by atoms with Crippen LogP contribution in [0.2, 0.25) is 0 Å². The maximum atomic E-state index is 12.3. The van der Waals surface area contributed by atoms with Crippen LogP contribution in [0.15, 0.2) is 42.5 Å². The lowest BCUT2D eigenvalue weighted by Crippen LogP contribution is -2.24. The summed E-state index contributed by atoms with van der Waals surface area (Å²) in [5.41, 5.74) is 4.92. The van der Waals surface area contributed by atoms with Gasteiger partial charge in [-0.1, -0.05) is 24.3 Å². The Kier molecular flexibility index (Phi) is 6.78. The maximum Gasteiger partial charge on any atom is 0.303 e. The average molecular weight is 354 g/mol. The van der Waals surface area contributed by atoms with Crippen LogP contribution in [-0.4, -0.2) is 23.0 Å². The number of rotatable bonds is 8. The smallest absolute Gasteiger partial charge is 0.303 e. The standard InChI is InChI=1S/C21H26N2O3/c1-14-6-4-9-19(16(14)3)23-20(24)12-15(2)22-18-8-5-7-17(13-18)10-11-21(25)26/h4-9,13,15,22H,10-12H2,1-3H3,(H,23,24)(H,25,26). The lowest BCUT2D eigenvalue weighted by atomic mass is 10.1. The summed E-state index contributed by atoms with van der Waals surface area (Å²) in [5.74, 6) is -0.847. The Morgan fingerprint density at radius 3 is 2.58 bits per heavy atom. The normalized spacial score (nSPS) is 11.7. The third kappa shape index (κ3) is 5.92. The first-order chi connectivity index (χ1) is 12.3. The molecule has 2 rings (SSSR count). The van der Waals surface area contributed by atoms with E-state index in [0.29, 0.717) is 12.8 Å². The molecule has 0 saturated carbocycles. The highest BCUT2D eigenvalue weighted by Gasteiger charge is 2.11. The van der Waals surface area contributed by atoms with Crippen molar-refractivity contribution in [3.05, 3.63) is 59.2 Å². The van der Waals surface area contributed by atoms with Crippen LogP contribution >= 0.6 is 0 Å². The fourth-order valence-corrected chi connectivity index (χ4v) is 2.77. The van der Waals surface area contributed by atoms with Crippen LogP contribution in [0, 0.1) is 13.8 Å². The topological polar surface area (TPSA) is 78.4 Å². The number of anilines is 2. The molecular weight excluding hydrogens is 328 g/mol. The molecule has 2 aromatic rings. The Bertz CT molecular complexity index is 787. The van der Waals surface area contributed by atoms with Crippen LogP contribution in [0.5, 0.6) is 0 Å². The zero-order chi connectivity index (χ0) is 19.1. The molecule has 0 radical (unpaired) electrons. The highest BCUT2D eigenvalue weighted by Crippen LogP contribution is 2.19. The van der Waals surface area contributed by atoms with Crippen molar-refractivity contribution in [3.8, 4) is 0 Å². The number of aliphatic carboxylic acids is 1. The van der Waals surface area contributed by atoms with E-state index in [9.17, 15) is 9.59 Å². The molecule has 0 aromatic heterocycles.